The van der Waals surface area contributed by atoms with Gasteiger partial charge in [0.2, 0.25) is 0 Å². The molecule has 27 heavy (non-hydrogen) atoms. The predicted octanol–water partition coefficient (Wildman–Crippen LogP) is 3.80. The van der Waals surface area contributed by atoms with Gasteiger partial charge < -0.3 is 0 Å². The van der Waals surface area contributed by atoms with Gasteiger partial charge in [0.1, 0.15) is 4.90 Å². The lowest BCUT2D eigenvalue weighted by molar-refractivity contribution is 0.264. The van der Waals surface area contributed by atoms with Crippen molar-refractivity contribution >= 4 is 33.9 Å². The molecule has 138 valence electrons. The van der Waals surface area contributed by atoms with E-state index in [1.807, 2.05) is 0 Å². The Hall–Kier alpha value is -2.83. The van der Waals surface area contributed by atoms with Crippen LogP contribution in [-0.2, 0) is 10.1 Å². The first-order valence-corrected chi connectivity index (χ1v) is 9.81. The number of nitrogens with zero attached hydrogens (tertiary/aromatic N) is 1. The highest BCUT2D eigenvalue weighted by Gasteiger charge is 2.18. The van der Waals surface area contributed by atoms with E-state index in [0.29, 0.717) is 16.3 Å². The van der Waals surface area contributed by atoms with Crippen LogP contribution in [0.4, 0.5) is 0 Å². The molecule has 1 heterocycles. The number of aromatic nitrogens is 1. The highest BCUT2D eigenvalue weighted by Crippen LogP contribution is 2.14. The molecule has 0 atom stereocenters. The lowest BCUT2D eigenvalue weighted by Gasteiger charge is -2.12. The molecule has 0 spiro atoms. The number of benzene rings is 2. The summed E-state index contributed by atoms with van der Waals surface area (Å²) in [6, 6.07) is 17.7. The van der Waals surface area contributed by atoms with E-state index in [1.165, 1.54) is 18.2 Å². The third kappa shape index (κ3) is 4.67. The van der Waals surface area contributed by atoms with Crippen LogP contribution in [0.15, 0.2) is 76.4 Å². The van der Waals surface area contributed by atoms with Gasteiger partial charge >= 0.3 is 10.1 Å². The predicted molar refractivity (Wildman–Crippen MR) is 106 cm³/mol. The average Bonchev–Trinajstić information content (AvgIpc) is 2.64. The number of hydrogen-bond acceptors (Lipinski definition) is 4. The van der Waals surface area contributed by atoms with E-state index in [0.717, 1.165) is 10.3 Å². The molecule has 1 aromatic heterocycles. The Morgan fingerprint density at radius 3 is 2.30 bits per heavy atom. The standard InChI is InChI=1S/C20H16ClNO4S/c1-15-13-18(12-9-16-7-10-17(21)11-8-16)22(20(23)14-15)26-27(24,25)19-5-3-2-4-6-19/h2-14H,1H3. The van der Waals surface area contributed by atoms with E-state index >= 15 is 0 Å². The molecule has 3 aromatic rings. The first kappa shape index (κ1) is 18.9. The molecule has 0 radical (unpaired) electrons. The topological polar surface area (TPSA) is 65.4 Å². The monoisotopic (exact) mass is 401 g/mol. The smallest absolute Gasteiger partial charge is 0.280 e. The maximum Gasteiger partial charge on any atom is 0.357 e. The molecule has 0 aliphatic carbocycles. The van der Waals surface area contributed by atoms with Crippen LogP contribution in [0.25, 0.3) is 12.2 Å². The molecule has 0 unspecified atom stereocenters. The number of aryl methyl sites for hydroxylation is 1. The van der Waals surface area contributed by atoms with E-state index in [1.54, 1.807) is 67.6 Å². The van der Waals surface area contributed by atoms with Crippen LogP contribution in [-0.4, -0.2) is 13.1 Å². The number of hydrogen-bond donors (Lipinski definition) is 0. The molecule has 0 fully saturated rings. The maximum absolute atomic E-state index is 12.5. The van der Waals surface area contributed by atoms with Gasteiger partial charge in [-0.15, -0.1) is 4.73 Å². The van der Waals surface area contributed by atoms with Crippen molar-refractivity contribution in [2.45, 2.75) is 11.8 Å². The van der Waals surface area contributed by atoms with E-state index in [-0.39, 0.29) is 4.90 Å². The van der Waals surface area contributed by atoms with Crippen molar-refractivity contribution in [2.24, 2.45) is 0 Å². The first-order valence-electron chi connectivity index (χ1n) is 8.02. The zero-order chi connectivity index (χ0) is 19.4. The minimum Gasteiger partial charge on any atom is -0.280 e. The van der Waals surface area contributed by atoms with Gasteiger partial charge in [-0.2, -0.15) is 8.42 Å². The van der Waals surface area contributed by atoms with Gasteiger partial charge in [-0.3, -0.25) is 9.08 Å². The fraction of sp³-hybridized carbons (Fsp3) is 0.0500. The van der Waals surface area contributed by atoms with Crippen LogP contribution in [0, 0.1) is 6.92 Å². The quantitative estimate of drug-likeness (QED) is 0.652. The van der Waals surface area contributed by atoms with Gasteiger partial charge in [-0.1, -0.05) is 48.0 Å². The third-order valence-electron chi connectivity index (χ3n) is 3.68. The molecule has 0 aliphatic rings. The fourth-order valence-electron chi connectivity index (χ4n) is 2.39. The molecule has 5 nitrogen and oxygen atoms in total. The van der Waals surface area contributed by atoms with Gasteiger partial charge in [-0.05, 0) is 54.5 Å². The molecule has 0 saturated heterocycles. The second-order valence-corrected chi connectivity index (χ2v) is 7.78. The molecule has 0 N–H and O–H groups in total. The fourth-order valence-corrected chi connectivity index (χ4v) is 3.45. The Labute approximate surface area is 162 Å². The zero-order valence-electron chi connectivity index (χ0n) is 14.4. The van der Waals surface area contributed by atoms with Gasteiger partial charge in [0.05, 0.1) is 5.69 Å². The maximum atomic E-state index is 12.5. The summed E-state index contributed by atoms with van der Waals surface area (Å²) in [5, 5.41) is 0.608. The van der Waals surface area contributed by atoms with Crippen LogP contribution >= 0.6 is 11.6 Å². The van der Waals surface area contributed by atoms with Crippen molar-refractivity contribution in [3.05, 3.63) is 98.9 Å². The van der Waals surface area contributed by atoms with Crippen molar-refractivity contribution in [1.82, 2.24) is 4.73 Å². The second kappa shape index (κ2) is 7.82. The summed E-state index contributed by atoms with van der Waals surface area (Å²) in [7, 11) is -4.15. The molecular formula is C20H16ClNO4S. The highest BCUT2D eigenvalue weighted by molar-refractivity contribution is 7.87. The Balaban J connectivity index is 2.00. The molecular weight excluding hydrogens is 386 g/mol. The van der Waals surface area contributed by atoms with E-state index < -0.39 is 15.7 Å². The molecule has 7 heteroatoms. The van der Waals surface area contributed by atoms with Crippen LogP contribution in [0.1, 0.15) is 16.8 Å². The van der Waals surface area contributed by atoms with E-state index in [9.17, 15) is 13.2 Å². The number of halogens is 1. The zero-order valence-corrected chi connectivity index (χ0v) is 15.9. The molecule has 0 saturated carbocycles. The van der Waals surface area contributed by atoms with Crippen molar-refractivity contribution in [3.63, 3.8) is 0 Å². The lowest BCUT2D eigenvalue weighted by Crippen LogP contribution is -2.32. The van der Waals surface area contributed by atoms with Crippen molar-refractivity contribution in [1.29, 1.82) is 0 Å². The van der Waals surface area contributed by atoms with Gasteiger partial charge in [0.15, 0.2) is 0 Å². The lowest BCUT2D eigenvalue weighted by atomic mass is 10.2. The minimum absolute atomic E-state index is 0.0369. The minimum atomic E-state index is -4.15. The molecule has 0 aliphatic heterocycles. The summed E-state index contributed by atoms with van der Waals surface area (Å²) < 4.78 is 30.8. The van der Waals surface area contributed by atoms with Gasteiger partial charge in [0, 0.05) is 11.1 Å². The Morgan fingerprint density at radius 1 is 0.963 bits per heavy atom. The van der Waals surface area contributed by atoms with Gasteiger partial charge in [0.25, 0.3) is 5.56 Å². The summed E-state index contributed by atoms with van der Waals surface area (Å²) >= 11 is 5.87. The van der Waals surface area contributed by atoms with Crippen molar-refractivity contribution in [3.8, 4) is 0 Å². The summed E-state index contributed by atoms with van der Waals surface area (Å²) in [6.07, 6.45) is 3.34. The molecule has 2 aromatic carbocycles. The van der Waals surface area contributed by atoms with E-state index in [4.69, 9.17) is 15.9 Å². The largest absolute Gasteiger partial charge is 0.357 e. The summed E-state index contributed by atoms with van der Waals surface area (Å²) in [4.78, 5) is 12.3. The Kier molecular flexibility index (Phi) is 5.48. The Morgan fingerprint density at radius 2 is 1.63 bits per heavy atom. The first-order chi connectivity index (χ1) is 12.8. The van der Waals surface area contributed by atoms with Gasteiger partial charge in [-0.25, -0.2) is 0 Å². The average molecular weight is 402 g/mol. The van der Waals surface area contributed by atoms with Crippen LogP contribution in [0.3, 0.4) is 0 Å². The normalized spacial score (nSPS) is 11.6. The van der Waals surface area contributed by atoms with E-state index in [2.05, 4.69) is 0 Å². The van der Waals surface area contributed by atoms with Crippen LogP contribution in [0.5, 0.6) is 0 Å². The van der Waals surface area contributed by atoms with Crippen molar-refractivity contribution in [2.75, 3.05) is 0 Å². The number of rotatable bonds is 5. The summed E-state index contributed by atoms with van der Waals surface area (Å²) in [5.74, 6) is 0. The molecule has 0 amide bonds. The molecule has 3 rings (SSSR count). The highest BCUT2D eigenvalue weighted by atomic mass is 35.5. The SMILES string of the molecule is Cc1cc(C=Cc2ccc(Cl)cc2)n(OS(=O)(=O)c2ccccc2)c(=O)c1. The van der Waals surface area contributed by atoms with Crippen molar-refractivity contribution < 1.29 is 12.7 Å². The second-order valence-electron chi connectivity index (χ2n) is 5.82. The molecule has 0 bridgehead atoms. The third-order valence-corrected chi connectivity index (χ3v) is 5.13. The van der Waals surface area contributed by atoms with Crippen LogP contribution in [0.2, 0.25) is 5.02 Å². The number of pyridine rings is 1. The summed E-state index contributed by atoms with van der Waals surface area (Å²) in [5.41, 5.74) is 1.25. The Bertz CT molecular complexity index is 1130. The van der Waals surface area contributed by atoms with Crippen LogP contribution < -0.4 is 9.84 Å². The summed E-state index contributed by atoms with van der Waals surface area (Å²) in [6.45, 7) is 1.75.